The summed E-state index contributed by atoms with van der Waals surface area (Å²) in [5.41, 5.74) is 3.53. The van der Waals surface area contributed by atoms with Crippen molar-refractivity contribution < 1.29 is 8.42 Å². The summed E-state index contributed by atoms with van der Waals surface area (Å²) >= 11 is 0. The number of benzene rings is 1. The van der Waals surface area contributed by atoms with Crippen LogP contribution in [-0.4, -0.2) is 29.2 Å². The molecule has 3 heterocycles. The number of hydrazone groups is 1. The van der Waals surface area contributed by atoms with Crippen molar-refractivity contribution in [2.24, 2.45) is 5.10 Å². The average Bonchev–Trinajstić information content (AvgIpc) is 3.16. The molecule has 8 nitrogen and oxygen atoms in total. The largest absolute Gasteiger partial charge is 0.299 e. The van der Waals surface area contributed by atoms with E-state index in [1.807, 2.05) is 26.1 Å². The fourth-order valence-corrected chi connectivity index (χ4v) is 5.12. The Morgan fingerprint density at radius 1 is 1.10 bits per heavy atom. The lowest BCUT2D eigenvalue weighted by Gasteiger charge is -2.38. The number of hydrogen-bond donors (Lipinski definition) is 2. The molecule has 0 radical (unpaired) electrons. The molecule has 0 saturated heterocycles. The standard InChI is InChI=1S/C19H20N6O2S.C2H6/c26-28(27,15-7-3-1-4-8-15)24-18-20-12-14-11-16-23-21-13-19(9-5-2-6-10-19)25(16)17(14)22-18;1-2/h1,3-4,7-8,11-13,23H,2,5-6,9-10H2,(H,20,22,24);1-2H3. The molecule has 1 aliphatic heterocycles. The molecule has 1 spiro atoms. The first-order valence-electron chi connectivity index (χ1n) is 10.3. The second-order valence-electron chi connectivity index (χ2n) is 7.29. The number of rotatable bonds is 3. The van der Waals surface area contributed by atoms with E-state index >= 15 is 0 Å². The number of fused-ring (bicyclic) bond motifs is 4. The molecule has 2 N–H and O–H groups in total. The number of anilines is 2. The zero-order valence-corrected chi connectivity index (χ0v) is 18.0. The molecule has 1 saturated carbocycles. The highest BCUT2D eigenvalue weighted by Crippen LogP contribution is 2.41. The minimum atomic E-state index is -3.75. The van der Waals surface area contributed by atoms with E-state index in [0.717, 1.165) is 36.9 Å². The van der Waals surface area contributed by atoms with Gasteiger partial charge < -0.3 is 0 Å². The highest BCUT2D eigenvalue weighted by Gasteiger charge is 2.37. The molecule has 1 fully saturated rings. The Bertz CT molecular complexity index is 1160. The van der Waals surface area contributed by atoms with Gasteiger partial charge in [-0.3, -0.25) is 9.99 Å². The Kier molecular flexibility index (Phi) is 5.46. The lowest BCUT2D eigenvalue weighted by molar-refractivity contribution is 0.293. The molecule has 1 aromatic carbocycles. The summed E-state index contributed by atoms with van der Waals surface area (Å²) in [5, 5.41) is 5.20. The van der Waals surface area contributed by atoms with E-state index < -0.39 is 10.0 Å². The Balaban J connectivity index is 0.00000106. The van der Waals surface area contributed by atoms with Crippen LogP contribution in [0.15, 0.2) is 52.6 Å². The van der Waals surface area contributed by atoms with E-state index in [-0.39, 0.29) is 16.4 Å². The van der Waals surface area contributed by atoms with Crippen molar-refractivity contribution in [3.8, 4) is 0 Å². The van der Waals surface area contributed by atoms with Gasteiger partial charge in [0.25, 0.3) is 10.0 Å². The van der Waals surface area contributed by atoms with Gasteiger partial charge in [-0.2, -0.15) is 10.1 Å². The Morgan fingerprint density at radius 2 is 1.83 bits per heavy atom. The summed E-state index contributed by atoms with van der Waals surface area (Å²) in [6, 6.07) is 10.2. The number of hydrogen-bond acceptors (Lipinski definition) is 6. The fourth-order valence-electron chi connectivity index (χ4n) is 4.14. The maximum Gasteiger partial charge on any atom is 0.264 e. The van der Waals surface area contributed by atoms with Gasteiger partial charge in [-0.25, -0.2) is 18.1 Å². The predicted molar refractivity (Wildman–Crippen MR) is 119 cm³/mol. The monoisotopic (exact) mass is 426 g/mol. The van der Waals surface area contributed by atoms with Crippen LogP contribution in [0.3, 0.4) is 0 Å². The second-order valence-corrected chi connectivity index (χ2v) is 8.97. The van der Waals surface area contributed by atoms with Crippen molar-refractivity contribution in [2.75, 3.05) is 10.1 Å². The lowest BCUT2D eigenvalue weighted by atomic mass is 9.82. The average molecular weight is 427 g/mol. The van der Waals surface area contributed by atoms with E-state index in [2.05, 4.69) is 29.8 Å². The third-order valence-electron chi connectivity index (χ3n) is 5.47. The smallest absolute Gasteiger partial charge is 0.264 e. The van der Waals surface area contributed by atoms with Crippen molar-refractivity contribution in [2.45, 2.75) is 56.4 Å². The van der Waals surface area contributed by atoms with Crippen LogP contribution in [0.1, 0.15) is 46.0 Å². The topological polar surface area (TPSA) is 101 Å². The van der Waals surface area contributed by atoms with Crippen LogP contribution in [0.5, 0.6) is 0 Å². The summed E-state index contributed by atoms with van der Waals surface area (Å²) in [5.74, 6) is 0.919. The zero-order chi connectivity index (χ0) is 21.2. The third kappa shape index (κ3) is 3.54. The molecule has 158 valence electrons. The minimum absolute atomic E-state index is 0.0609. The Labute approximate surface area is 176 Å². The molecule has 5 rings (SSSR count). The normalized spacial score (nSPS) is 17.0. The molecule has 0 bridgehead atoms. The fraction of sp³-hybridized carbons (Fsp3) is 0.381. The molecule has 30 heavy (non-hydrogen) atoms. The third-order valence-corrected chi connectivity index (χ3v) is 6.81. The second kappa shape index (κ2) is 8.06. The molecule has 0 amide bonds. The molecule has 0 atom stereocenters. The maximum absolute atomic E-state index is 12.6. The van der Waals surface area contributed by atoms with Crippen molar-refractivity contribution in [3.05, 3.63) is 42.6 Å². The van der Waals surface area contributed by atoms with Crippen LogP contribution < -0.4 is 10.1 Å². The molecule has 2 aromatic heterocycles. The van der Waals surface area contributed by atoms with E-state index in [1.165, 1.54) is 18.6 Å². The van der Waals surface area contributed by atoms with Crippen LogP contribution >= 0.6 is 0 Å². The zero-order valence-electron chi connectivity index (χ0n) is 17.2. The number of aromatic nitrogens is 3. The molecule has 9 heteroatoms. The van der Waals surface area contributed by atoms with Gasteiger partial charge >= 0.3 is 0 Å². The SMILES string of the molecule is CC.O=S(=O)(Nc1ncc2cc3n(c2n1)C1(C=NN3)CCCCC1)c1ccccc1. The van der Waals surface area contributed by atoms with Crippen LogP contribution in [-0.2, 0) is 15.6 Å². The van der Waals surface area contributed by atoms with Gasteiger partial charge in [0.1, 0.15) is 11.5 Å². The van der Waals surface area contributed by atoms with Crippen molar-refractivity contribution >= 4 is 39.0 Å². The van der Waals surface area contributed by atoms with Crippen molar-refractivity contribution in [3.63, 3.8) is 0 Å². The summed E-state index contributed by atoms with van der Waals surface area (Å²) < 4.78 is 29.9. The van der Waals surface area contributed by atoms with E-state index in [4.69, 9.17) is 0 Å². The summed E-state index contributed by atoms with van der Waals surface area (Å²) in [7, 11) is -3.75. The summed E-state index contributed by atoms with van der Waals surface area (Å²) in [6.45, 7) is 4.00. The van der Waals surface area contributed by atoms with E-state index in [1.54, 1.807) is 24.4 Å². The molecule has 1 aliphatic carbocycles. The summed E-state index contributed by atoms with van der Waals surface area (Å²) in [4.78, 5) is 8.95. The highest BCUT2D eigenvalue weighted by atomic mass is 32.2. The predicted octanol–water partition coefficient (Wildman–Crippen LogP) is 4.33. The lowest BCUT2D eigenvalue weighted by Crippen LogP contribution is -2.40. The van der Waals surface area contributed by atoms with Crippen LogP contribution in [0.4, 0.5) is 11.8 Å². The number of sulfonamides is 1. The van der Waals surface area contributed by atoms with Crippen LogP contribution in [0.2, 0.25) is 0 Å². The van der Waals surface area contributed by atoms with Gasteiger partial charge in [0.05, 0.1) is 16.6 Å². The first-order valence-corrected chi connectivity index (χ1v) is 11.8. The van der Waals surface area contributed by atoms with Gasteiger partial charge in [-0.15, -0.1) is 0 Å². The minimum Gasteiger partial charge on any atom is -0.299 e. The maximum atomic E-state index is 12.6. The van der Waals surface area contributed by atoms with Gasteiger partial charge in [0.2, 0.25) is 5.95 Å². The number of nitrogens with one attached hydrogen (secondary N) is 2. The molecule has 3 aromatic rings. The quantitative estimate of drug-likeness (QED) is 0.649. The summed E-state index contributed by atoms with van der Waals surface area (Å²) in [6.07, 6.45) is 9.07. The molecule has 2 aliphatic rings. The molecular weight excluding hydrogens is 400 g/mol. The Hall–Kier alpha value is -2.94. The van der Waals surface area contributed by atoms with Gasteiger partial charge in [0.15, 0.2) is 0 Å². The van der Waals surface area contributed by atoms with E-state index in [9.17, 15) is 8.42 Å². The van der Waals surface area contributed by atoms with Gasteiger partial charge in [-0.05, 0) is 31.0 Å². The molecule has 0 unspecified atom stereocenters. The first-order chi connectivity index (χ1) is 14.6. The first kappa shape index (κ1) is 20.3. The van der Waals surface area contributed by atoms with Crippen LogP contribution in [0, 0.1) is 0 Å². The van der Waals surface area contributed by atoms with Gasteiger partial charge in [0, 0.05) is 11.6 Å². The van der Waals surface area contributed by atoms with Gasteiger partial charge in [-0.1, -0.05) is 51.3 Å². The van der Waals surface area contributed by atoms with Crippen molar-refractivity contribution in [1.29, 1.82) is 0 Å². The Morgan fingerprint density at radius 3 is 2.57 bits per heavy atom. The highest BCUT2D eigenvalue weighted by molar-refractivity contribution is 7.92. The van der Waals surface area contributed by atoms with E-state index in [0.29, 0.717) is 5.65 Å². The van der Waals surface area contributed by atoms with Crippen LogP contribution in [0.25, 0.3) is 11.0 Å². The van der Waals surface area contributed by atoms with Crippen molar-refractivity contribution in [1.82, 2.24) is 14.5 Å². The number of nitrogens with zero attached hydrogens (tertiary/aromatic N) is 4. The molecular formula is C21H26N6O2S.